The number of para-hydroxylation sites is 1. The predicted molar refractivity (Wildman–Crippen MR) is 114 cm³/mol. The normalized spacial score (nSPS) is 20.8. The molecular weight excluding hydrogens is 410 g/mol. The number of rotatable bonds is 6. The highest BCUT2D eigenvalue weighted by atomic mass is 32.2. The van der Waals surface area contributed by atoms with Crippen LogP contribution in [0.2, 0.25) is 0 Å². The van der Waals surface area contributed by atoms with Crippen LogP contribution in [-0.4, -0.2) is 49.8 Å². The molecular formula is C21H21NO5S2. The predicted octanol–water partition coefficient (Wildman–Crippen LogP) is 3.24. The summed E-state index contributed by atoms with van der Waals surface area (Å²) in [6, 6.07) is 14.0. The summed E-state index contributed by atoms with van der Waals surface area (Å²) in [7, 11) is 0. The standard InChI is InChI=1S/C21H21NO5S2/c1-12(18(28)17(24)13-7-3-2-4-8-13)19(25)22-15(21(26)27)11-29-20(22)14-9-5-6-10-16(14)23/h2-10,12,15,18,20,23,28H,11H2,1H3,(H,26,27)/t12-,15+,18?,20?/m1/s1. The summed E-state index contributed by atoms with van der Waals surface area (Å²) < 4.78 is 0. The first kappa shape index (κ1) is 21.3. The van der Waals surface area contributed by atoms with Gasteiger partial charge in [-0.1, -0.05) is 55.5 Å². The number of thiol groups is 1. The first-order valence-electron chi connectivity index (χ1n) is 9.04. The lowest BCUT2D eigenvalue weighted by Gasteiger charge is -2.31. The van der Waals surface area contributed by atoms with E-state index in [4.69, 9.17) is 0 Å². The number of benzene rings is 2. The molecule has 1 fully saturated rings. The Morgan fingerprint density at radius 2 is 1.72 bits per heavy atom. The largest absolute Gasteiger partial charge is 0.508 e. The minimum Gasteiger partial charge on any atom is -0.508 e. The molecule has 2 aromatic carbocycles. The summed E-state index contributed by atoms with van der Waals surface area (Å²) in [5.41, 5.74) is 0.905. The van der Waals surface area contributed by atoms with E-state index in [2.05, 4.69) is 12.6 Å². The molecule has 0 spiro atoms. The van der Waals surface area contributed by atoms with Gasteiger partial charge in [0, 0.05) is 16.9 Å². The summed E-state index contributed by atoms with van der Waals surface area (Å²) in [6.07, 6.45) is 0. The number of nitrogens with zero attached hydrogens (tertiary/aromatic N) is 1. The van der Waals surface area contributed by atoms with Crippen LogP contribution in [-0.2, 0) is 9.59 Å². The van der Waals surface area contributed by atoms with Crippen molar-refractivity contribution < 1.29 is 24.6 Å². The van der Waals surface area contributed by atoms with Crippen molar-refractivity contribution in [3.63, 3.8) is 0 Å². The number of carbonyl (C=O) groups is 3. The van der Waals surface area contributed by atoms with Crippen molar-refractivity contribution >= 4 is 42.1 Å². The molecule has 8 heteroatoms. The minimum absolute atomic E-state index is 0.00993. The summed E-state index contributed by atoms with van der Waals surface area (Å²) in [6.45, 7) is 1.57. The maximum atomic E-state index is 13.3. The molecule has 6 nitrogen and oxygen atoms in total. The van der Waals surface area contributed by atoms with Crippen molar-refractivity contribution in [1.82, 2.24) is 4.90 Å². The maximum Gasteiger partial charge on any atom is 0.327 e. The quantitative estimate of drug-likeness (QED) is 0.480. The zero-order valence-electron chi connectivity index (χ0n) is 15.6. The summed E-state index contributed by atoms with van der Waals surface area (Å²) >= 11 is 5.65. The van der Waals surface area contributed by atoms with Crippen LogP contribution in [0.3, 0.4) is 0 Å². The molecule has 1 saturated heterocycles. The third-order valence-corrected chi connectivity index (χ3v) is 6.92. The van der Waals surface area contributed by atoms with Crippen LogP contribution in [0.25, 0.3) is 0 Å². The minimum atomic E-state index is -1.12. The molecule has 0 bridgehead atoms. The topological polar surface area (TPSA) is 94.9 Å². The van der Waals surface area contributed by atoms with Crippen molar-refractivity contribution in [2.75, 3.05) is 5.75 Å². The third kappa shape index (κ3) is 4.28. The zero-order chi connectivity index (χ0) is 21.1. The van der Waals surface area contributed by atoms with Gasteiger partial charge >= 0.3 is 5.97 Å². The Bertz CT molecular complexity index is 920. The van der Waals surface area contributed by atoms with Gasteiger partial charge in [0.2, 0.25) is 5.91 Å². The number of aliphatic carboxylic acids is 1. The molecule has 1 amide bonds. The number of carbonyl (C=O) groups excluding carboxylic acids is 2. The maximum absolute atomic E-state index is 13.3. The number of amides is 1. The van der Waals surface area contributed by atoms with E-state index in [1.54, 1.807) is 55.5 Å². The van der Waals surface area contributed by atoms with E-state index < -0.39 is 34.5 Å². The molecule has 29 heavy (non-hydrogen) atoms. The monoisotopic (exact) mass is 431 g/mol. The van der Waals surface area contributed by atoms with Crippen molar-refractivity contribution in [3.8, 4) is 5.75 Å². The fourth-order valence-corrected chi connectivity index (χ4v) is 5.01. The first-order valence-corrected chi connectivity index (χ1v) is 10.6. The Morgan fingerprint density at radius 1 is 1.10 bits per heavy atom. The SMILES string of the molecule is C[C@@H](C(=O)N1C(c2ccccc2O)SC[C@H]1C(=O)O)C(S)C(=O)c1ccccc1. The Labute approximate surface area is 178 Å². The fourth-order valence-electron chi connectivity index (χ4n) is 3.27. The second-order valence-corrected chi connectivity index (χ2v) is 8.48. The number of phenolic OH excluding ortho intramolecular Hbond substituents is 1. The second kappa shape index (κ2) is 8.92. The van der Waals surface area contributed by atoms with Crippen LogP contribution >= 0.6 is 24.4 Å². The van der Waals surface area contributed by atoms with Crippen molar-refractivity contribution in [3.05, 3.63) is 65.7 Å². The highest BCUT2D eigenvalue weighted by Gasteiger charge is 2.45. The van der Waals surface area contributed by atoms with Crippen LogP contribution in [0.4, 0.5) is 0 Å². The number of carboxylic acids is 1. The third-order valence-electron chi connectivity index (χ3n) is 4.93. The number of hydrogen-bond donors (Lipinski definition) is 3. The molecule has 0 saturated carbocycles. The lowest BCUT2D eigenvalue weighted by Crippen LogP contribution is -2.47. The Balaban J connectivity index is 1.89. The average Bonchev–Trinajstić information content (AvgIpc) is 3.17. The van der Waals surface area contributed by atoms with Gasteiger partial charge in [-0.3, -0.25) is 9.59 Å². The van der Waals surface area contributed by atoms with Gasteiger partial charge in [0.25, 0.3) is 0 Å². The van der Waals surface area contributed by atoms with E-state index in [0.717, 1.165) is 0 Å². The van der Waals surface area contributed by atoms with Crippen molar-refractivity contribution in [1.29, 1.82) is 0 Å². The Morgan fingerprint density at radius 3 is 2.34 bits per heavy atom. The number of thioether (sulfide) groups is 1. The van der Waals surface area contributed by atoms with Crippen LogP contribution in [0.5, 0.6) is 5.75 Å². The molecule has 3 rings (SSSR count). The number of hydrogen-bond acceptors (Lipinski definition) is 6. The molecule has 4 atom stereocenters. The second-order valence-electron chi connectivity index (χ2n) is 6.81. The number of phenols is 1. The average molecular weight is 432 g/mol. The van der Waals surface area contributed by atoms with Gasteiger partial charge in [-0.05, 0) is 6.07 Å². The molecule has 152 valence electrons. The van der Waals surface area contributed by atoms with E-state index in [1.165, 1.54) is 22.7 Å². The van der Waals surface area contributed by atoms with Crippen molar-refractivity contribution in [2.45, 2.75) is 23.6 Å². The molecule has 0 aliphatic carbocycles. The van der Waals surface area contributed by atoms with Gasteiger partial charge in [0.15, 0.2) is 5.78 Å². The lowest BCUT2D eigenvalue weighted by molar-refractivity contribution is -0.150. The van der Waals surface area contributed by atoms with E-state index in [9.17, 15) is 24.6 Å². The van der Waals surface area contributed by atoms with Gasteiger partial charge in [-0.2, -0.15) is 12.6 Å². The number of Topliss-reactive ketones (excluding diaryl/α,β-unsaturated/α-hetero) is 1. The summed E-state index contributed by atoms with van der Waals surface area (Å²) in [5.74, 6) is -2.57. The molecule has 1 aliphatic rings. The van der Waals surface area contributed by atoms with E-state index in [1.807, 2.05) is 0 Å². The molecule has 2 aromatic rings. The molecule has 1 heterocycles. The molecule has 2 unspecified atom stereocenters. The summed E-state index contributed by atoms with van der Waals surface area (Å²) in [5, 5.41) is 18.3. The van der Waals surface area contributed by atoms with E-state index >= 15 is 0 Å². The zero-order valence-corrected chi connectivity index (χ0v) is 17.3. The smallest absolute Gasteiger partial charge is 0.327 e. The van der Waals surface area contributed by atoms with E-state index in [-0.39, 0.29) is 17.3 Å². The van der Waals surface area contributed by atoms with Crippen LogP contribution in [0, 0.1) is 5.92 Å². The number of aromatic hydroxyl groups is 1. The molecule has 2 N–H and O–H groups in total. The first-order chi connectivity index (χ1) is 13.8. The van der Waals surface area contributed by atoms with Gasteiger partial charge in [0.05, 0.1) is 11.2 Å². The number of carboxylic acid groups (broad SMARTS) is 1. The molecule has 0 aromatic heterocycles. The van der Waals surface area contributed by atoms with E-state index in [0.29, 0.717) is 11.1 Å². The highest BCUT2D eigenvalue weighted by Crippen LogP contribution is 2.45. The molecule has 1 aliphatic heterocycles. The molecule has 0 radical (unpaired) electrons. The van der Waals surface area contributed by atoms with Gasteiger partial charge in [0.1, 0.15) is 17.2 Å². The Hall–Kier alpha value is -2.45. The Kier molecular flexibility index (Phi) is 6.54. The van der Waals surface area contributed by atoms with Crippen molar-refractivity contribution in [2.24, 2.45) is 5.92 Å². The van der Waals surface area contributed by atoms with Crippen LogP contribution < -0.4 is 0 Å². The van der Waals surface area contributed by atoms with Gasteiger partial charge in [-0.15, -0.1) is 11.8 Å². The van der Waals surface area contributed by atoms with Gasteiger partial charge < -0.3 is 15.1 Å². The summed E-state index contributed by atoms with van der Waals surface area (Å²) in [4.78, 5) is 39.0. The van der Waals surface area contributed by atoms with Crippen LogP contribution in [0.1, 0.15) is 28.2 Å². The fraction of sp³-hybridized carbons (Fsp3) is 0.286. The lowest BCUT2D eigenvalue weighted by atomic mass is 9.96. The highest BCUT2D eigenvalue weighted by molar-refractivity contribution is 7.99. The van der Waals surface area contributed by atoms with Crippen LogP contribution in [0.15, 0.2) is 54.6 Å². The number of ketones is 1. The van der Waals surface area contributed by atoms with Gasteiger partial charge in [-0.25, -0.2) is 4.79 Å².